The first-order chi connectivity index (χ1) is 8.17. The third-order valence-electron chi connectivity index (χ3n) is 4.48. The van der Waals surface area contributed by atoms with Crippen molar-refractivity contribution < 1.29 is 0 Å². The van der Waals surface area contributed by atoms with Gasteiger partial charge in [0, 0.05) is 12.1 Å². The van der Waals surface area contributed by atoms with Gasteiger partial charge >= 0.3 is 0 Å². The molecule has 0 radical (unpaired) electrons. The van der Waals surface area contributed by atoms with Gasteiger partial charge in [0.05, 0.1) is 0 Å². The van der Waals surface area contributed by atoms with Gasteiger partial charge in [0.25, 0.3) is 0 Å². The van der Waals surface area contributed by atoms with Crippen LogP contribution < -0.4 is 5.32 Å². The zero-order chi connectivity index (χ0) is 12.7. The van der Waals surface area contributed by atoms with Crippen molar-refractivity contribution in [1.29, 1.82) is 0 Å². The average Bonchev–Trinajstić information content (AvgIpc) is 2.36. The molecule has 0 heterocycles. The zero-order valence-corrected chi connectivity index (χ0v) is 12.3. The van der Waals surface area contributed by atoms with Crippen molar-refractivity contribution in [2.45, 2.75) is 71.4 Å². The quantitative estimate of drug-likeness (QED) is 0.735. The molecule has 1 aliphatic carbocycles. The molecular formula is C15H32N2. The van der Waals surface area contributed by atoms with Crippen LogP contribution in [0, 0.1) is 5.92 Å². The summed E-state index contributed by atoms with van der Waals surface area (Å²) in [5.74, 6) is 1.01. The lowest BCUT2D eigenvalue weighted by Crippen LogP contribution is -2.38. The number of rotatable bonds is 7. The normalized spacial score (nSPS) is 27.4. The Balaban J connectivity index is 2.17. The second kappa shape index (κ2) is 8.10. The lowest BCUT2D eigenvalue weighted by Gasteiger charge is -2.35. The Labute approximate surface area is 108 Å². The summed E-state index contributed by atoms with van der Waals surface area (Å²) >= 11 is 0. The summed E-state index contributed by atoms with van der Waals surface area (Å²) in [6.45, 7) is 9.16. The molecule has 0 spiro atoms. The Hall–Kier alpha value is -0.0800. The van der Waals surface area contributed by atoms with E-state index in [1.165, 1.54) is 45.1 Å². The molecule has 102 valence electrons. The maximum absolute atomic E-state index is 3.49. The summed E-state index contributed by atoms with van der Waals surface area (Å²) in [5, 5.41) is 3.49. The molecule has 1 atom stereocenters. The number of nitrogens with zero attached hydrogens (tertiary/aromatic N) is 1. The van der Waals surface area contributed by atoms with Gasteiger partial charge in [-0.25, -0.2) is 0 Å². The highest BCUT2D eigenvalue weighted by molar-refractivity contribution is 4.78. The second-order valence-electron chi connectivity index (χ2n) is 5.81. The van der Waals surface area contributed by atoms with Crippen molar-refractivity contribution in [3.05, 3.63) is 0 Å². The molecule has 1 fully saturated rings. The van der Waals surface area contributed by atoms with E-state index >= 15 is 0 Å². The van der Waals surface area contributed by atoms with Crippen molar-refractivity contribution in [1.82, 2.24) is 10.2 Å². The van der Waals surface area contributed by atoms with E-state index in [2.05, 4.69) is 38.0 Å². The second-order valence-corrected chi connectivity index (χ2v) is 5.81. The summed E-state index contributed by atoms with van der Waals surface area (Å²) < 4.78 is 0. The van der Waals surface area contributed by atoms with Crippen LogP contribution in [0.2, 0.25) is 0 Å². The molecule has 0 aromatic heterocycles. The minimum absolute atomic E-state index is 0.662. The molecule has 0 aliphatic heterocycles. The smallest absolute Gasteiger partial charge is 0.00924 e. The van der Waals surface area contributed by atoms with Crippen LogP contribution in [-0.4, -0.2) is 37.1 Å². The molecule has 2 nitrogen and oxygen atoms in total. The molecule has 17 heavy (non-hydrogen) atoms. The van der Waals surface area contributed by atoms with Gasteiger partial charge < -0.3 is 10.2 Å². The van der Waals surface area contributed by atoms with E-state index in [1.54, 1.807) is 0 Å². The lowest BCUT2D eigenvalue weighted by molar-refractivity contribution is 0.158. The minimum atomic E-state index is 0.662. The van der Waals surface area contributed by atoms with Gasteiger partial charge in [-0.05, 0) is 65.1 Å². The van der Waals surface area contributed by atoms with Crippen LogP contribution in [0.1, 0.15) is 59.3 Å². The molecule has 1 aliphatic rings. The first-order valence-electron chi connectivity index (χ1n) is 7.60. The third-order valence-corrected chi connectivity index (χ3v) is 4.48. The van der Waals surface area contributed by atoms with Crippen molar-refractivity contribution in [3.63, 3.8) is 0 Å². The fraction of sp³-hybridized carbons (Fsp3) is 1.00. The van der Waals surface area contributed by atoms with Crippen LogP contribution in [0.15, 0.2) is 0 Å². The first kappa shape index (κ1) is 15.0. The molecule has 1 N–H and O–H groups in total. The Morgan fingerprint density at radius 3 is 2.35 bits per heavy atom. The molecule has 0 bridgehead atoms. The van der Waals surface area contributed by atoms with E-state index in [1.807, 2.05) is 0 Å². The zero-order valence-electron chi connectivity index (χ0n) is 12.3. The van der Waals surface area contributed by atoms with E-state index in [0.717, 1.165) is 18.5 Å². The van der Waals surface area contributed by atoms with Gasteiger partial charge in [-0.15, -0.1) is 0 Å². The van der Waals surface area contributed by atoms with E-state index in [-0.39, 0.29) is 0 Å². The molecule has 1 rings (SSSR count). The Morgan fingerprint density at radius 2 is 1.82 bits per heavy atom. The van der Waals surface area contributed by atoms with Crippen molar-refractivity contribution >= 4 is 0 Å². The maximum atomic E-state index is 3.49. The predicted molar refractivity (Wildman–Crippen MR) is 76.4 cm³/mol. The van der Waals surface area contributed by atoms with E-state index in [9.17, 15) is 0 Å². The van der Waals surface area contributed by atoms with Gasteiger partial charge in [-0.3, -0.25) is 0 Å². The monoisotopic (exact) mass is 240 g/mol. The Bertz CT molecular complexity index is 185. The van der Waals surface area contributed by atoms with Crippen LogP contribution in [0.25, 0.3) is 0 Å². The van der Waals surface area contributed by atoms with Gasteiger partial charge in [0.15, 0.2) is 0 Å². The van der Waals surface area contributed by atoms with Crippen molar-refractivity contribution in [2.24, 2.45) is 5.92 Å². The summed E-state index contributed by atoms with van der Waals surface area (Å²) in [7, 11) is 2.32. The van der Waals surface area contributed by atoms with E-state index < -0.39 is 0 Å². The fourth-order valence-corrected chi connectivity index (χ4v) is 3.02. The van der Waals surface area contributed by atoms with Gasteiger partial charge in [0.2, 0.25) is 0 Å². The van der Waals surface area contributed by atoms with Crippen LogP contribution in [0.4, 0.5) is 0 Å². The average molecular weight is 240 g/mol. The standard InChI is InChI=1S/C15H32N2/c1-5-14-7-9-15(10-8-14)17(4)12-11-13(3)16-6-2/h13-16H,5-12H2,1-4H3. The number of hydrogen-bond donors (Lipinski definition) is 1. The van der Waals surface area contributed by atoms with Gasteiger partial charge in [0.1, 0.15) is 0 Å². The molecule has 1 unspecified atom stereocenters. The molecule has 2 heteroatoms. The molecule has 0 amide bonds. The highest BCUT2D eigenvalue weighted by atomic mass is 15.1. The highest BCUT2D eigenvalue weighted by Crippen LogP contribution is 2.28. The lowest BCUT2D eigenvalue weighted by atomic mass is 9.84. The van der Waals surface area contributed by atoms with Crippen LogP contribution in [0.3, 0.4) is 0 Å². The van der Waals surface area contributed by atoms with Gasteiger partial charge in [-0.2, -0.15) is 0 Å². The molecule has 0 aromatic rings. The Morgan fingerprint density at radius 1 is 1.18 bits per heavy atom. The largest absolute Gasteiger partial charge is 0.314 e. The summed E-state index contributed by atoms with van der Waals surface area (Å²) in [5.41, 5.74) is 0. The molecule has 0 saturated heterocycles. The third kappa shape index (κ3) is 5.39. The molecule has 0 aromatic carbocycles. The molecular weight excluding hydrogens is 208 g/mol. The summed E-state index contributed by atoms with van der Waals surface area (Å²) in [4.78, 5) is 2.60. The summed E-state index contributed by atoms with van der Waals surface area (Å²) in [6, 6.07) is 1.51. The first-order valence-corrected chi connectivity index (χ1v) is 7.60. The van der Waals surface area contributed by atoms with Gasteiger partial charge in [-0.1, -0.05) is 20.3 Å². The molecule has 1 saturated carbocycles. The predicted octanol–water partition coefficient (Wildman–Crippen LogP) is 3.28. The highest BCUT2D eigenvalue weighted by Gasteiger charge is 2.22. The van der Waals surface area contributed by atoms with Crippen LogP contribution in [-0.2, 0) is 0 Å². The van der Waals surface area contributed by atoms with Crippen LogP contribution >= 0.6 is 0 Å². The number of hydrogen-bond acceptors (Lipinski definition) is 2. The van der Waals surface area contributed by atoms with E-state index in [0.29, 0.717) is 6.04 Å². The SMILES string of the molecule is CCNC(C)CCN(C)C1CCC(CC)CC1. The fourth-order valence-electron chi connectivity index (χ4n) is 3.02. The van der Waals surface area contributed by atoms with E-state index in [4.69, 9.17) is 0 Å². The summed E-state index contributed by atoms with van der Waals surface area (Å²) in [6.07, 6.45) is 8.41. The van der Waals surface area contributed by atoms with Crippen LogP contribution in [0.5, 0.6) is 0 Å². The van der Waals surface area contributed by atoms with Crippen molar-refractivity contribution in [2.75, 3.05) is 20.1 Å². The minimum Gasteiger partial charge on any atom is -0.314 e. The topological polar surface area (TPSA) is 15.3 Å². The van der Waals surface area contributed by atoms with Crippen molar-refractivity contribution in [3.8, 4) is 0 Å². The Kier molecular flexibility index (Phi) is 7.14. The number of nitrogens with one attached hydrogen (secondary N) is 1. The maximum Gasteiger partial charge on any atom is 0.00924 e.